The van der Waals surface area contributed by atoms with E-state index >= 15 is 0 Å². The number of alkyl halides is 1. The number of fused-ring (bicyclic) bond motifs is 2. The van der Waals surface area contributed by atoms with Crippen LogP contribution >= 0.6 is 39.1 Å². The lowest BCUT2D eigenvalue weighted by molar-refractivity contribution is 0.0944. The van der Waals surface area contributed by atoms with Crippen molar-refractivity contribution in [3.05, 3.63) is 188 Å². The average Bonchev–Trinajstić information content (AvgIpc) is 3.89. The molecule has 0 saturated carbocycles. The highest BCUT2D eigenvalue weighted by molar-refractivity contribution is 9.10. The molecule has 2 N–H and O–H groups in total. The molecule has 2 heterocycles. The first-order chi connectivity index (χ1) is 29.0. The van der Waals surface area contributed by atoms with Gasteiger partial charge in [0.1, 0.15) is 11.6 Å². The van der Waals surface area contributed by atoms with Crippen molar-refractivity contribution in [3.8, 4) is 17.4 Å². The summed E-state index contributed by atoms with van der Waals surface area (Å²) in [6.45, 7) is 0.541. The van der Waals surface area contributed by atoms with E-state index in [1.165, 1.54) is 24.3 Å². The number of nitrogens with zero attached hydrogens (tertiary/aromatic N) is 5. The summed E-state index contributed by atoms with van der Waals surface area (Å²) >= 11 is 15.8. The van der Waals surface area contributed by atoms with Gasteiger partial charge in [0.05, 0.1) is 66.1 Å². The van der Waals surface area contributed by atoms with Crippen LogP contribution in [0.5, 0.6) is 0 Å². The van der Waals surface area contributed by atoms with E-state index in [2.05, 4.69) is 36.8 Å². The van der Waals surface area contributed by atoms with Crippen LogP contribution in [-0.4, -0.2) is 38.5 Å². The zero-order valence-electron chi connectivity index (χ0n) is 31.6. The molecule has 0 spiro atoms. The Bertz CT molecular complexity index is 2850. The standard InChI is InChI=1S/C22H14ClFN4O.C21H14BrClFN3O.CH3F/c23-20-10-14(11-25)4-5-15(20)12-26-22(29)18-2-1-3-21-19(18)13-27-28(21)17-8-6-16(24)7-9-17;22-14-5-4-13(19(23)10-14)11-25-21(28)17-2-1-3-20-18(17)12-26-27(20)16-8-6-15(24)7-9-16;1-2/h1-10,13H,12H2,(H,26,29);1-10,12H,11H2,(H,25,28);1H3/i;;1D. The van der Waals surface area contributed by atoms with E-state index in [9.17, 15) is 22.8 Å². The van der Waals surface area contributed by atoms with Gasteiger partial charge in [-0.15, -0.1) is 0 Å². The largest absolute Gasteiger partial charge is 0.348 e. The molecule has 2 aromatic heterocycles. The third-order valence-electron chi connectivity index (χ3n) is 8.93. The number of carbonyl (C=O) groups is 2. The van der Waals surface area contributed by atoms with Gasteiger partial charge in [-0.05, 0) is 108 Å². The maximum absolute atomic E-state index is 13.2. The molecule has 0 aliphatic rings. The van der Waals surface area contributed by atoms with Crippen molar-refractivity contribution in [2.24, 2.45) is 0 Å². The average molecular weight is 899 g/mol. The lowest BCUT2D eigenvalue weighted by Gasteiger charge is -2.09. The van der Waals surface area contributed by atoms with E-state index in [1.807, 2.05) is 30.3 Å². The Hall–Kier alpha value is -6.46. The van der Waals surface area contributed by atoms with Crippen LogP contribution in [0.15, 0.2) is 138 Å². The van der Waals surface area contributed by atoms with E-state index in [0.29, 0.717) is 55.3 Å². The monoisotopic (exact) mass is 896 g/mol. The molecule has 0 saturated heterocycles. The number of carbonyl (C=O) groups excluding carboxylic acids is 2. The van der Waals surface area contributed by atoms with E-state index in [0.717, 1.165) is 26.8 Å². The van der Waals surface area contributed by atoms with E-state index in [1.54, 1.807) is 94.6 Å². The van der Waals surface area contributed by atoms with Crippen LogP contribution in [0.3, 0.4) is 0 Å². The Morgan fingerprint density at radius 2 is 1.15 bits per heavy atom. The second-order valence-electron chi connectivity index (χ2n) is 12.6. The van der Waals surface area contributed by atoms with Gasteiger partial charge < -0.3 is 10.6 Å². The molecule has 2 amide bonds. The van der Waals surface area contributed by atoms with E-state index in [-0.39, 0.29) is 30.0 Å². The zero-order chi connectivity index (χ0) is 42.8. The number of aromatic nitrogens is 4. The van der Waals surface area contributed by atoms with Crippen LogP contribution in [0, 0.1) is 23.0 Å². The third-order valence-corrected chi connectivity index (χ3v) is 10.1. The molecule has 0 aliphatic carbocycles. The Kier molecular flexibility index (Phi) is 13.3. The van der Waals surface area contributed by atoms with E-state index < -0.39 is 7.15 Å². The minimum absolute atomic E-state index is 0.219. The Balaban J connectivity index is 0.000000189. The number of amides is 2. The van der Waals surface area contributed by atoms with Crippen molar-refractivity contribution in [2.75, 3.05) is 7.15 Å². The summed E-state index contributed by atoms with van der Waals surface area (Å²) in [7, 11) is -1.00. The summed E-state index contributed by atoms with van der Waals surface area (Å²) < 4.78 is 46.1. The summed E-state index contributed by atoms with van der Waals surface area (Å²) in [4.78, 5) is 25.5. The van der Waals surface area contributed by atoms with Crippen LogP contribution in [0.4, 0.5) is 13.2 Å². The topological polar surface area (TPSA) is 118 Å². The fraction of sp³-hybridized carbons (Fsp3) is 0.0682. The minimum Gasteiger partial charge on any atom is -0.348 e. The van der Waals surface area contributed by atoms with Gasteiger partial charge in [0.2, 0.25) is 0 Å². The zero-order valence-corrected chi connectivity index (χ0v) is 33.7. The van der Waals surface area contributed by atoms with Crippen molar-refractivity contribution < 1.29 is 24.1 Å². The maximum atomic E-state index is 13.2. The highest BCUT2D eigenvalue weighted by Gasteiger charge is 2.16. The molecule has 0 fully saturated rings. The predicted octanol–water partition coefficient (Wildman–Crippen LogP) is 10.7. The number of nitriles is 1. The maximum Gasteiger partial charge on any atom is 0.252 e. The van der Waals surface area contributed by atoms with Gasteiger partial charge in [-0.3, -0.25) is 14.0 Å². The van der Waals surface area contributed by atoms with E-state index in [4.69, 9.17) is 29.8 Å². The number of nitrogens with one attached hydrogen (secondary N) is 2. The van der Waals surface area contributed by atoms with Crippen LogP contribution in [-0.2, 0) is 13.1 Å². The summed E-state index contributed by atoms with van der Waals surface area (Å²) in [6.07, 6.45) is 3.25. The van der Waals surface area contributed by atoms with Crippen LogP contribution in [0.2, 0.25) is 10.0 Å². The lowest BCUT2D eigenvalue weighted by Crippen LogP contribution is -2.23. The summed E-state index contributed by atoms with van der Waals surface area (Å²) in [5.41, 5.74) is 5.91. The van der Waals surface area contributed by atoms with Gasteiger partial charge in [0, 0.05) is 38.4 Å². The molecule has 8 rings (SSSR count). The molecule has 0 radical (unpaired) electrons. The van der Waals surface area contributed by atoms with Crippen molar-refractivity contribution in [1.29, 1.82) is 5.26 Å². The van der Waals surface area contributed by atoms with Crippen LogP contribution < -0.4 is 10.6 Å². The fourth-order valence-electron chi connectivity index (χ4n) is 6.04. The Morgan fingerprint density at radius 1 is 0.712 bits per heavy atom. The summed E-state index contributed by atoms with van der Waals surface area (Å²) in [6, 6.07) is 35.2. The Labute approximate surface area is 356 Å². The normalized spacial score (nSPS) is 10.8. The molecular formula is C44H31BrCl2F3N7O2. The second kappa shape index (κ2) is 19.3. The molecule has 0 bridgehead atoms. The smallest absolute Gasteiger partial charge is 0.252 e. The second-order valence-corrected chi connectivity index (χ2v) is 14.3. The van der Waals surface area contributed by atoms with Gasteiger partial charge >= 0.3 is 0 Å². The third kappa shape index (κ3) is 9.81. The molecule has 296 valence electrons. The van der Waals surface area contributed by atoms with Gasteiger partial charge in [-0.1, -0.05) is 63.4 Å². The number of hydrogen-bond acceptors (Lipinski definition) is 5. The summed E-state index contributed by atoms with van der Waals surface area (Å²) in [5.74, 6) is -1.13. The molecule has 8 aromatic rings. The molecule has 9 nitrogen and oxygen atoms in total. The molecular weight excluding hydrogens is 866 g/mol. The summed E-state index contributed by atoms with van der Waals surface area (Å²) in [5, 5.41) is 25.8. The van der Waals surface area contributed by atoms with Crippen molar-refractivity contribution in [2.45, 2.75) is 13.1 Å². The van der Waals surface area contributed by atoms with Gasteiger partial charge in [-0.2, -0.15) is 15.5 Å². The molecule has 0 atom stereocenters. The van der Waals surface area contributed by atoms with Gasteiger partial charge in [0.15, 0.2) is 0 Å². The van der Waals surface area contributed by atoms with Gasteiger partial charge in [0.25, 0.3) is 11.8 Å². The van der Waals surface area contributed by atoms with Crippen molar-refractivity contribution in [3.63, 3.8) is 0 Å². The first-order valence-electron chi connectivity index (χ1n) is 18.2. The highest BCUT2D eigenvalue weighted by atomic mass is 79.9. The molecule has 0 aliphatic heterocycles. The first kappa shape index (κ1) is 40.7. The number of halogens is 6. The minimum atomic E-state index is -1.00. The SMILES string of the molecule is N#Cc1ccc(CNC(=O)c2cccc3c2cnn3-c2ccc(F)cc2)c(Cl)c1.O=C(NCc1ccc(Br)cc1Cl)c1cccc2c1cnn2-c1ccc(F)cc1.[2H]CF. The highest BCUT2D eigenvalue weighted by Crippen LogP contribution is 2.25. The van der Waals surface area contributed by atoms with Crippen molar-refractivity contribution in [1.82, 2.24) is 30.2 Å². The quantitative estimate of drug-likeness (QED) is 0.158. The number of rotatable bonds is 8. The Morgan fingerprint density at radius 3 is 1.58 bits per heavy atom. The fourth-order valence-corrected chi connectivity index (χ4v) is 7.03. The van der Waals surface area contributed by atoms with Crippen molar-refractivity contribution >= 4 is 72.8 Å². The first-order valence-corrected chi connectivity index (χ1v) is 19.1. The predicted molar refractivity (Wildman–Crippen MR) is 227 cm³/mol. The number of benzene rings is 6. The lowest BCUT2D eigenvalue weighted by atomic mass is 10.1. The molecule has 6 aromatic carbocycles. The van der Waals surface area contributed by atoms with Crippen LogP contribution in [0.1, 0.15) is 38.8 Å². The number of hydrogen-bond donors (Lipinski definition) is 2. The van der Waals surface area contributed by atoms with Crippen LogP contribution in [0.25, 0.3) is 33.2 Å². The van der Waals surface area contributed by atoms with Gasteiger partial charge in [-0.25, -0.2) is 18.1 Å². The molecule has 0 unspecified atom stereocenters. The molecule has 15 heteroatoms. The molecule has 59 heavy (non-hydrogen) atoms.